The quantitative estimate of drug-likeness (QED) is 0.872. The summed E-state index contributed by atoms with van der Waals surface area (Å²) in [4.78, 5) is 13.0. The van der Waals surface area contributed by atoms with Gasteiger partial charge in [-0.05, 0) is 36.7 Å². The van der Waals surface area contributed by atoms with Crippen molar-refractivity contribution in [1.29, 1.82) is 0 Å². The van der Waals surface area contributed by atoms with Gasteiger partial charge in [0.05, 0.1) is 11.8 Å². The van der Waals surface area contributed by atoms with E-state index in [-0.39, 0.29) is 0 Å². The predicted octanol–water partition coefficient (Wildman–Crippen LogP) is 1.79. The van der Waals surface area contributed by atoms with Crippen molar-refractivity contribution in [2.45, 2.75) is 13.0 Å². The zero-order valence-electron chi connectivity index (χ0n) is 11.8. The van der Waals surface area contributed by atoms with Crippen LogP contribution in [0.5, 0.6) is 0 Å². The molecular formula is C15H19N3O2. The maximum Gasteiger partial charge on any atom is 0.335 e. The molecule has 0 saturated carbocycles. The van der Waals surface area contributed by atoms with Gasteiger partial charge in [0.1, 0.15) is 0 Å². The Labute approximate surface area is 118 Å². The number of carbonyl (C=O) groups is 1. The van der Waals surface area contributed by atoms with E-state index in [4.69, 9.17) is 5.11 Å². The summed E-state index contributed by atoms with van der Waals surface area (Å²) in [5.74, 6) is -0.888. The molecule has 2 aromatic rings. The summed E-state index contributed by atoms with van der Waals surface area (Å²) in [5.41, 5.74) is 2.66. The minimum atomic E-state index is -0.888. The zero-order chi connectivity index (χ0) is 14.5. The Kier molecular flexibility index (Phi) is 4.53. The maximum atomic E-state index is 10.8. The van der Waals surface area contributed by atoms with E-state index in [2.05, 4.69) is 17.0 Å². The standard InChI is InChI=1S/C15H19N3O2/c1-17(8-7-13-9-16-18(2)11-13)10-12-3-5-14(6-4-12)15(19)20/h3-6,9,11H,7-8,10H2,1-2H3,(H,19,20). The number of aryl methyl sites for hydroxylation is 1. The van der Waals surface area contributed by atoms with Crippen molar-refractivity contribution in [3.8, 4) is 0 Å². The molecule has 5 heteroatoms. The van der Waals surface area contributed by atoms with Gasteiger partial charge in [-0.2, -0.15) is 5.10 Å². The van der Waals surface area contributed by atoms with Crippen molar-refractivity contribution >= 4 is 5.97 Å². The minimum Gasteiger partial charge on any atom is -0.478 e. The second-order valence-corrected chi connectivity index (χ2v) is 5.01. The smallest absolute Gasteiger partial charge is 0.335 e. The molecule has 1 aromatic carbocycles. The average Bonchev–Trinajstić information content (AvgIpc) is 2.83. The zero-order valence-corrected chi connectivity index (χ0v) is 11.8. The van der Waals surface area contributed by atoms with Gasteiger partial charge in [0, 0.05) is 26.3 Å². The largest absolute Gasteiger partial charge is 0.478 e. The van der Waals surface area contributed by atoms with Gasteiger partial charge in [0.25, 0.3) is 0 Å². The van der Waals surface area contributed by atoms with Gasteiger partial charge in [-0.15, -0.1) is 0 Å². The Bertz CT molecular complexity index is 575. The number of likely N-dealkylation sites (N-methyl/N-ethyl adjacent to an activating group) is 1. The summed E-state index contributed by atoms with van der Waals surface area (Å²) in [6.45, 7) is 1.74. The summed E-state index contributed by atoms with van der Waals surface area (Å²) < 4.78 is 1.81. The molecule has 5 nitrogen and oxygen atoms in total. The molecule has 1 N–H and O–H groups in total. The highest BCUT2D eigenvalue weighted by molar-refractivity contribution is 5.87. The summed E-state index contributed by atoms with van der Waals surface area (Å²) in [7, 11) is 3.97. The summed E-state index contributed by atoms with van der Waals surface area (Å²) in [6.07, 6.45) is 4.86. The molecule has 0 spiro atoms. The number of hydrogen-bond donors (Lipinski definition) is 1. The van der Waals surface area contributed by atoms with E-state index in [0.717, 1.165) is 25.1 Å². The normalized spacial score (nSPS) is 10.9. The molecule has 0 aliphatic heterocycles. The number of hydrogen-bond acceptors (Lipinski definition) is 3. The van der Waals surface area contributed by atoms with E-state index in [0.29, 0.717) is 5.56 Å². The monoisotopic (exact) mass is 273 g/mol. The van der Waals surface area contributed by atoms with Gasteiger partial charge in [0.2, 0.25) is 0 Å². The summed E-state index contributed by atoms with van der Waals surface area (Å²) >= 11 is 0. The van der Waals surface area contributed by atoms with Gasteiger partial charge in [-0.1, -0.05) is 12.1 Å². The van der Waals surface area contributed by atoms with Crippen molar-refractivity contribution in [1.82, 2.24) is 14.7 Å². The van der Waals surface area contributed by atoms with Crippen LogP contribution < -0.4 is 0 Å². The molecule has 0 aliphatic carbocycles. The average molecular weight is 273 g/mol. The number of carboxylic acids is 1. The van der Waals surface area contributed by atoms with Gasteiger partial charge in [-0.25, -0.2) is 4.79 Å². The highest BCUT2D eigenvalue weighted by Gasteiger charge is 2.05. The van der Waals surface area contributed by atoms with Crippen molar-refractivity contribution in [2.24, 2.45) is 7.05 Å². The molecule has 106 valence electrons. The highest BCUT2D eigenvalue weighted by Crippen LogP contribution is 2.08. The van der Waals surface area contributed by atoms with Crippen LogP contribution in [0.1, 0.15) is 21.5 Å². The molecule has 1 heterocycles. The van der Waals surface area contributed by atoms with Crippen LogP contribution in [0.4, 0.5) is 0 Å². The maximum absolute atomic E-state index is 10.8. The van der Waals surface area contributed by atoms with E-state index in [1.807, 2.05) is 31.6 Å². The topological polar surface area (TPSA) is 58.4 Å². The van der Waals surface area contributed by atoms with Crippen molar-refractivity contribution in [3.63, 3.8) is 0 Å². The molecule has 0 radical (unpaired) electrons. The van der Waals surface area contributed by atoms with Gasteiger partial charge < -0.3 is 10.0 Å². The second-order valence-electron chi connectivity index (χ2n) is 5.01. The Hall–Kier alpha value is -2.14. The third kappa shape index (κ3) is 3.93. The first-order valence-electron chi connectivity index (χ1n) is 6.53. The van der Waals surface area contributed by atoms with E-state index in [1.54, 1.807) is 16.8 Å². The van der Waals surface area contributed by atoms with Crippen LogP contribution in [0, 0.1) is 0 Å². The number of benzene rings is 1. The first kappa shape index (κ1) is 14.3. The highest BCUT2D eigenvalue weighted by atomic mass is 16.4. The van der Waals surface area contributed by atoms with Crippen LogP contribution in [0.15, 0.2) is 36.7 Å². The Morgan fingerprint density at radius 1 is 1.30 bits per heavy atom. The second kappa shape index (κ2) is 6.34. The van der Waals surface area contributed by atoms with E-state index < -0.39 is 5.97 Å². The molecule has 0 fully saturated rings. The molecule has 0 atom stereocenters. The third-order valence-electron chi connectivity index (χ3n) is 3.19. The van der Waals surface area contributed by atoms with Crippen LogP contribution in [0.2, 0.25) is 0 Å². The van der Waals surface area contributed by atoms with Gasteiger partial charge in [-0.3, -0.25) is 4.68 Å². The molecule has 20 heavy (non-hydrogen) atoms. The lowest BCUT2D eigenvalue weighted by molar-refractivity contribution is 0.0697. The Balaban J connectivity index is 1.84. The van der Waals surface area contributed by atoms with Crippen LogP contribution >= 0.6 is 0 Å². The molecule has 0 bridgehead atoms. The fourth-order valence-corrected chi connectivity index (χ4v) is 2.06. The van der Waals surface area contributed by atoms with Crippen LogP contribution in [0.25, 0.3) is 0 Å². The molecule has 0 saturated heterocycles. The van der Waals surface area contributed by atoms with E-state index >= 15 is 0 Å². The minimum absolute atomic E-state index is 0.326. The number of nitrogens with zero attached hydrogens (tertiary/aromatic N) is 3. The molecule has 2 rings (SSSR count). The first-order valence-corrected chi connectivity index (χ1v) is 6.53. The van der Waals surface area contributed by atoms with Crippen molar-refractivity contribution < 1.29 is 9.90 Å². The van der Waals surface area contributed by atoms with Crippen molar-refractivity contribution in [3.05, 3.63) is 53.3 Å². The van der Waals surface area contributed by atoms with Gasteiger partial charge >= 0.3 is 5.97 Å². The summed E-state index contributed by atoms with van der Waals surface area (Å²) in [5, 5.41) is 13.0. The molecule has 0 unspecified atom stereocenters. The lowest BCUT2D eigenvalue weighted by atomic mass is 10.1. The predicted molar refractivity (Wildman–Crippen MR) is 76.6 cm³/mol. The van der Waals surface area contributed by atoms with Crippen LogP contribution in [-0.4, -0.2) is 39.3 Å². The third-order valence-corrected chi connectivity index (χ3v) is 3.19. The SMILES string of the molecule is CN(CCc1cnn(C)c1)Cc1ccc(C(=O)O)cc1. The fraction of sp³-hybridized carbons (Fsp3) is 0.333. The molecule has 0 amide bonds. The molecular weight excluding hydrogens is 254 g/mol. The number of aromatic carboxylic acids is 1. The van der Waals surface area contributed by atoms with Crippen LogP contribution in [0.3, 0.4) is 0 Å². The Morgan fingerprint density at radius 2 is 2.00 bits per heavy atom. The van der Waals surface area contributed by atoms with E-state index in [9.17, 15) is 4.79 Å². The Morgan fingerprint density at radius 3 is 2.55 bits per heavy atom. The van der Waals surface area contributed by atoms with Gasteiger partial charge in [0.15, 0.2) is 0 Å². The lowest BCUT2D eigenvalue weighted by Crippen LogP contribution is -2.20. The first-order chi connectivity index (χ1) is 9.54. The fourth-order valence-electron chi connectivity index (χ4n) is 2.06. The number of aromatic nitrogens is 2. The number of rotatable bonds is 6. The number of carboxylic acid groups (broad SMARTS) is 1. The van der Waals surface area contributed by atoms with Crippen LogP contribution in [-0.2, 0) is 20.0 Å². The van der Waals surface area contributed by atoms with Crippen molar-refractivity contribution in [2.75, 3.05) is 13.6 Å². The van der Waals surface area contributed by atoms with E-state index in [1.165, 1.54) is 5.56 Å². The molecule has 0 aliphatic rings. The molecule has 1 aromatic heterocycles. The lowest BCUT2D eigenvalue weighted by Gasteiger charge is -2.16. The summed E-state index contributed by atoms with van der Waals surface area (Å²) in [6, 6.07) is 7.02.